The lowest BCUT2D eigenvalue weighted by Crippen LogP contribution is -2.50. The maximum atomic E-state index is 15.5. The Kier molecular flexibility index (Phi) is 9.55. The van der Waals surface area contributed by atoms with Gasteiger partial charge in [-0.05, 0) is 48.5 Å². The predicted octanol–water partition coefficient (Wildman–Crippen LogP) is 4.04. The summed E-state index contributed by atoms with van der Waals surface area (Å²) in [6.45, 7) is -5.48. The standard InChI is InChI=1S/C24H22ClF4N2O9PS/c1-35-13-3-7-15(8-4-13)39-41(42,40-16-9-5-14(36-2)6-10-16)37-12-24(22(27)28)19(26)18(32)21(38-24)30-11-17(25)20(33)31(29)23(30)34/h3-11,18-19,21-22,32H,12H2,1-2H3/t18-,19+,21-,24-/m1/s1. The lowest BCUT2D eigenvalue weighted by molar-refractivity contribution is -0.183. The van der Waals surface area contributed by atoms with Crippen LogP contribution in [0, 0.1) is 0 Å². The zero-order valence-electron chi connectivity index (χ0n) is 21.6. The summed E-state index contributed by atoms with van der Waals surface area (Å²) in [5.74, 6) is 1.07. The first kappa shape index (κ1) is 31.8. The monoisotopic (exact) mass is 656 g/mol. The first-order valence-corrected chi connectivity index (χ1v) is 14.7. The summed E-state index contributed by atoms with van der Waals surface area (Å²) in [6, 6.07) is 11.7. The van der Waals surface area contributed by atoms with Crippen molar-refractivity contribution in [1.82, 2.24) is 9.36 Å². The number of hydrogen-bond donors (Lipinski definition) is 1. The zero-order chi connectivity index (χ0) is 30.8. The highest BCUT2D eigenvalue weighted by Gasteiger charge is 2.63. The molecule has 0 saturated carbocycles. The molecule has 1 aromatic heterocycles. The summed E-state index contributed by atoms with van der Waals surface area (Å²) < 4.78 is 90.9. The molecule has 4 rings (SSSR count). The fourth-order valence-corrected chi connectivity index (χ4v) is 5.96. The normalized spacial score (nSPS) is 22.3. The van der Waals surface area contributed by atoms with Gasteiger partial charge in [0, 0.05) is 18.0 Å². The van der Waals surface area contributed by atoms with Gasteiger partial charge in [0.25, 0.3) is 6.43 Å². The predicted molar refractivity (Wildman–Crippen MR) is 144 cm³/mol. The zero-order valence-corrected chi connectivity index (χ0v) is 24.0. The van der Waals surface area contributed by atoms with Crippen molar-refractivity contribution in [3.05, 3.63) is 80.6 Å². The molecule has 1 aliphatic rings. The van der Waals surface area contributed by atoms with Gasteiger partial charge in [-0.25, -0.2) is 18.0 Å². The van der Waals surface area contributed by atoms with Crippen LogP contribution in [0.1, 0.15) is 6.23 Å². The first-order valence-electron chi connectivity index (χ1n) is 11.7. The Hall–Kier alpha value is -3.14. The molecule has 11 nitrogen and oxygen atoms in total. The van der Waals surface area contributed by atoms with Gasteiger partial charge in [0.05, 0.1) is 20.8 Å². The van der Waals surface area contributed by atoms with Gasteiger partial charge in [-0.3, -0.25) is 13.9 Å². The molecule has 1 N–H and O–H groups in total. The third kappa shape index (κ3) is 6.28. The van der Waals surface area contributed by atoms with Crippen molar-refractivity contribution in [2.24, 2.45) is 0 Å². The van der Waals surface area contributed by atoms with Crippen LogP contribution < -0.4 is 29.8 Å². The van der Waals surface area contributed by atoms with Crippen LogP contribution >= 0.6 is 18.3 Å². The average Bonchev–Trinajstić information content (AvgIpc) is 3.24. The van der Waals surface area contributed by atoms with Crippen LogP contribution in [0.25, 0.3) is 0 Å². The second-order valence-electron chi connectivity index (χ2n) is 8.66. The lowest BCUT2D eigenvalue weighted by atomic mass is 9.98. The van der Waals surface area contributed by atoms with E-state index in [0.717, 1.165) is 0 Å². The molecule has 2 aromatic carbocycles. The highest BCUT2D eigenvalue weighted by Crippen LogP contribution is 2.53. The van der Waals surface area contributed by atoms with Crippen LogP contribution in [0.4, 0.5) is 17.7 Å². The van der Waals surface area contributed by atoms with Gasteiger partial charge in [0.2, 0.25) is 0 Å². The van der Waals surface area contributed by atoms with E-state index in [1.165, 1.54) is 62.8 Å². The number of ether oxygens (including phenoxy) is 3. The molecule has 18 heteroatoms. The quantitative estimate of drug-likeness (QED) is 0.239. The van der Waals surface area contributed by atoms with E-state index in [-0.39, 0.29) is 16.1 Å². The molecule has 0 amide bonds. The smallest absolute Gasteiger partial charge is 0.435 e. The van der Waals surface area contributed by atoms with Gasteiger partial charge in [0.15, 0.2) is 18.0 Å². The van der Waals surface area contributed by atoms with Crippen molar-refractivity contribution >= 4 is 30.1 Å². The topological polar surface area (TPSA) is 120 Å². The number of aliphatic hydroxyl groups excluding tert-OH is 1. The summed E-state index contributed by atoms with van der Waals surface area (Å²) in [7, 11) is 2.86. The molecule has 1 aliphatic heterocycles. The van der Waals surface area contributed by atoms with E-state index >= 15 is 4.39 Å². The fourth-order valence-electron chi connectivity index (χ4n) is 3.84. The number of alkyl halides is 3. The molecule has 0 unspecified atom stereocenters. The van der Waals surface area contributed by atoms with Crippen molar-refractivity contribution in [1.29, 1.82) is 0 Å². The Balaban J connectivity index is 1.67. The van der Waals surface area contributed by atoms with Crippen molar-refractivity contribution < 1.29 is 50.5 Å². The molecule has 1 saturated heterocycles. The van der Waals surface area contributed by atoms with E-state index in [1.807, 2.05) is 0 Å². The molecule has 0 radical (unpaired) electrons. The average molecular weight is 657 g/mol. The summed E-state index contributed by atoms with van der Waals surface area (Å²) in [6.07, 6.45) is -10.8. The van der Waals surface area contributed by atoms with Crippen LogP contribution in [-0.4, -0.2) is 59.6 Å². The Bertz CT molecular complexity index is 1520. The maximum Gasteiger partial charge on any atom is 0.435 e. The minimum atomic E-state index is -4.12. The molecule has 0 bridgehead atoms. The maximum absolute atomic E-state index is 15.5. The first-order chi connectivity index (χ1) is 19.8. The van der Waals surface area contributed by atoms with E-state index < -0.39 is 64.9 Å². The molecule has 0 spiro atoms. The minimum Gasteiger partial charge on any atom is -0.497 e. The number of nitrogens with zero attached hydrogens (tertiary/aromatic N) is 2. The Morgan fingerprint density at radius 3 is 1.95 bits per heavy atom. The molecule has 42 heavy (non-hydrogen) atoms. The number of benzene rings is 2. The Morgan fingerprint density at radius 1 is 1.02 bits per heavy atom. The van der Waals surface area contributed by atoms with E-state index in [0.29, 0.717) is 17.7 Å². The van der Waals surface area contributed by atoms with Crippen LogP contribution in [0.3, 0.4) is 0 Å². The number of halogens is 5. The Morgan fingerprint density at radius 2 is 1.50 bits per heavy atom. The molecule has 0 aliphatic carbocycles. The summed E-state index contributed by atoms with van der Waals surface area (Å²) in [5.41, 5.74) is -6.58. The highest BCUT2D eigenvalue weighted by atomic mass is 35.5. The van der Waals surface area contributed by atoms with Gasteiger partial charge in [-0.1, -0.05) is 20.9 Å². The van der Waals surface area contributed by atoms with E-state index in [9.17, 15) is 28.0 Å². The fraction of sp³-hybridized carbons (Fsp3) is 0.333. The molecule has 1 fully saturated rings. The van der Waals surface area contributed by atoms with Crippen LogP contribution in [0.5, 0.6) is 23.0 Å². The largest absolute Gasteiger partial charge is 0.497 e. The second kappa shape index (κ2) is 12.6. The van der Waals surface area contributed by atoms with Gasteiger partial charge in [-0.2, -0.15) is 0 Å². The lowest BCUT2D eigenvalue weighted by Gasteiger charge is -2.32. The molecular weight excluding hydrogens is 635 g/mol. The van der Waals surface area contributed by atoms with Crippen molar-refractivity contribution in [3.8, 4) is 23.0 Å². The summed E-state index contributed by atoms with van der Waals surface area (Å²) in [5, 5.41) is 9.59. The number of rotatable bonds is 11. The molecule has 228 valence electrons. The van der Waals surface area contributed by atoms with E-state index in [2.05, 4.69) is 0 Å². The molecule has 3 aromatic rings. The summed E-state index contributed by atoms with van der Waals surface area (Å²) in [4.78, 5) is 22.9. The number of aromatic nitrogens is 2. The third-order valence-corrected chi connectivity index (χ3v) is 8.40. The van der Waals surface area contributed by atoms with E-state index in [4.69, 9.17) is 51.2 Å². The van der Waals surface area contributed by atoms with Crippen molar-refractivity contribution in [2.75, 3.05) is 20.8 Å². The second-order valence-corrected chi connectivity index (χ2v) is 11.9. The molecular formula is C24H22ClF4N2O9PS. The van der Waals surface area contributed by atoms with Crippen LogP contribution in [-0.2, 0) is 21.1 Å². The minimum absolute atomic E-state index is 0.0761. The van der Waals surface area contributed by atoms with Gasteiger partial charge < -0.3 is 28.4 Å². The highest BCUT2D eigenvalue weighted by molar-refractivity contribution is 8.07. The van der Waals surface area contributed by atoms with Crippen molar-refractivity contribution in [3.63, 3.8) is 0 Å². The van der Waals surface area contributed by atoms with Crippen LogP contribution in [0.2, 0.25) is 5.02 Å². The van der Waals surface area contributed by atoms with Crippen molar-refractivity contribution in [2.45, 2.75) is 30.5 Å². The summed E-state index contributed by atoms with van der Waals surface area (Å²) >= 11 is 11.1. The molecule has 4 atom stereocenters. The van der Waals surface area contributed by atoms with Gasteiger partial charge in [0.1, 0.15) is 34.1 Å². The number of methoxy groups -OCH3 is 2. The Labute approximate surface area is 244 Å². The number of aliphatic hydroxyl groups is 1. The van der Waals surface area contributed by atoms with E-state index in [1.54, 1.807) is 0 Å². The van der Waals surface area contributed by atoms with Crippen LogP contribution in [0.15, 0.2) is 64.3 Å². The molecule has 2 heterocycles. The van der Waals surface area contributed by atoms with Gasteiger partial charge in [-0.15, -0.1) is 0 Å². The third-order valence-electron chi connectivity index (χ3n) is 6.07. The van der Waals surface area contributed by atoms with Gasteiger partial charge >= 0.3 is 18.0 Å². The SMILES string of the molecule is COc1ccc(OP(=S)(OC[C@@]2(C(F)F)O[C@@H](n3cc(Cl)c(=O)n(F)c3=O)[C@H](O)[C@@H]2F)Oc2ccc(OC)cc2)cc1. The number of hydrogen-bond acceptors (Lipinski definition) is 10.